The van der Waals surface area contributed by atoms with E-state index in [1.807, 2.05) is 30.0 Å². The lowest BCUT2D eigenvalue weighted by atomic mass is 10.0. The molecule has 0 aromatic heterocycles. The smallest absolute Gasteiger partial charge is 0.234 e. The molecule has 2 N–H and O–H groups in total. The molecule has 23 heavy (non-hydrogen) atoms. The SMILES string of the molecule is C[C@@H](NC(=O)CN1CCNC(=O)C1)c1ccc2ccccc2c1. The summed E-state index contributed by atoms with van der Waals surface area (Å²) >= 11 is 0. The van der Waals surface area contributed by atoms with E-state index in [9.17, 15) is 9.59 Å². The highest BCUT2D eigenvalue weighted by molar-refractivity contribution is 5.84. The quantitative estimate of drug-likeness (QED) is 0.898. The van der Waals surface area contributed by atoms with Crippen LogP contribution in [-0.4, -0.2) is 42.9 Å². The molecule has 1 atom stereocenters. The Morgan fingerprint density at radius 1 is 1.26 bits per heavy atom. The largest absolute Gasteiger partial charge is 0.354 e. The Balaban J connectivity index is 1.61. The first-order chi connectivity index (χ1) is 11.1. The second kappa shape index (κ2) is 6.79. The number of carbonyl (C=O) groups excluding carboxylic acids is 2. The van der Waals surface area contributed by atoms with Crippen molar-refractivity contribution in [2.75, 3.05) is 26.2 Å². The number of piperazine rings is 1. The standard InChI is InChI=1S/C18H21N3O2/c1-13(15-7-6-14-4-2-3-5-16(14)10-15)20-18(23)12-21-9-8-19-17(22)11-21/h2-7,10,13H,8-9,11-12H2,1H3,(H,19,22)(H,20,23)/t13-/m1/s1. The Kier molecular flexibility index (Phi) is 4.57. The molecule has 2 amide bonds. The zero-order valence-electron chi connectivity index (χ0n) is 13.2. The van der Waals surface area contributed by atoms with E-state index in [0.717, 1.165) is 5.56 Å². The van der Waals surface area contributed by atoms with Crippen LogP contribution in [0.15, 0.2) is 42.5 Å². The van der Waals surface area contributed by atoms with Gasteiger partial charge in [-0.05, 0) is 29.3 Å². The second-order valence-electron chi connectivity index (χ2n) is 5.96. The average molecular weight is 311 g/mol. The van der Waals surface area contributed by atoms with E-state index < -0.39 is 0 Å². The van der Waals surface area contributed by atoms with Crippen LogP contribution in [0.5, 0.6) is 0 Å². The van der Waals surface area contributed by atoms with Crippen LogP contribution in [0.1, 0.15) is 18.5 Å². The molecule has 0 spiro atoms. The van der Waals surface area contributed by atoms with Crippen molar-refractivity contribution < 1.29 is 9.59 Å². The molecule has 0 bridgehead atoms. The summed E-state index contributed by atoms with van der Waals surface area (Å²) in [7, 11) is 0. The van der Waals surface area contributed by atoms with E-state index in [2.05, 4.69) is 34.9 Å². The van der Waals surface area contributed by atoms with Crippen LogP contribution in [0.4, 0.5) is 0 Å². The minimum atomic E-state index is -0.0641. The molecule has 1 aliphatic rings. The molecule has 5 nitrogen and oxygen atoms in total. The third-order valence-electron chi connectivity index (χ3n) is 4.14. The summed E-state index contributed by atoms with van der Waals surface area (Å²) < 4.78 is 0. The number of carbonyl (C=O) groups is 2. The van der Waals surface area contributed by atoms with Crippen molar-refractivity contribution in [1.82, 2.24) is 15.5 Å². The molecule has 1 aliphatic heterocycles. The summed E-state index contributed by atoms with van der Waals surface area (Å²) in [5.41, 5.74) is 1.08. The number of fused-ring (bicyclic) bond motifs is 1. The molecule has 0 unspecified atom stereocenters. The number of benzene rings is 2. The molecule has 0 saturated carbocycles. The van der Waals surface area contributed by atoms with Crippen molar-refractivity contribution in [3.05, 3.63) is 48.0 Å². The van der Waals surface area contributed by atoms with Gasteiger partial charge in [0.2, 0.25) is 11.8 Å². The molecule has 1 heterocycles. The maximum atomic E-state index is 12.2. The van der Waals surface area contributed by atoms with Crippen molar-refractivity contribution in [2.24, 2.45) is 0 Å². The molecule has 5 heteroatoms. The van der Waals surface area contributed by atoms with Gasteiger partial charge in [-0.25, -0.2) is 0 Å². The van der Waals surface area contributed by atoms with E-state index in [0.29, 0.717) is 13.1 Å². The van der Waals surface area contributed by atoms with Crippen LogP contribution in [0.2, 0.25) is 0 Å². The van der Waals surface area contributed by atoms with E-state index in [-0.39, 0.29) is 30.9 Å². The first-order valence-corrected chi connectivity index (χ1v) is 7.89. The minimum absolute atomic E-state index is 0.0216. The van der Waals surface area contributed by atoms with Crippen LogP contribution >= 0.6 is 0 Å². The van der Waals surface area contributed by atoms with Gasteiger partial charge in [-0.1, -0.05) is 36.4 Å². The van der Waals surface area contributed by atoms with Crippen molar-refractivity contribution >= 4 is 22.6 Å². The van der Waals surface area contributed by atoms with Crippen LogP contribution < -0.4 is 10.6 Å². The van der Waals surface area contributed by atoms with Gasteiger partial charge in [0.05, 0.1) is 19.1 Å². The Morgan fingerprint density at radius 3 is 2.83 bits per heavy atom. The molecule has 0 radical (unpaired) electrons. The van der Waals surface area contributed by atoms with Crippen LogP contribution in [0, 0.1) is 0 Å². The van der Waals surface area contributed by atoms with Crippen molar-refractivity contribution in [3.8, 4) is 0 Å². The number of nitrogens with zero attached hydrogens (tertiary/aromatic N) is 1. The predicted molar refractivity (Wildman–Crippen MR) is 90.0 cm³/mol. The summed E-state index contributed by atoms with van der Waals surface area (Å²) in [6.45, 7) is 3.84. The van der Waals surface area contributed by atoms with Crippen LogP contribution in [-0.2, 0) is 9.59 Å². The molecule has 1 fully saturated rings. The monoisotopic (exact) mass is 311 g/mol. The zero-order valence-corrected chi connectivity index (χ0v) is 13.2. The highest BCUT2D eigenvalue weighted by Crippen LogP contribution is 2.20. The average Bonchev–Trinajstić information content (AvgIpc) is 2.54. The van der Waals surface area contributed by atoms with Crippen molar-refractivity contribution in [3.63, 3.8) is 0 Å². The van der Waals surface area contributed by atoms with E-state index in [1.165, 1.54) is 10.8 Å². The highest BCUT2D eigenvalue weighted by Gasteiger charge is 2.19. The number of amides is 2. The van der Waals surface area contributed by atoms with Crippen molar-refractivity contribution in [1.29, 1.82) is 0 Å². The third kappa shape index (κ3) is 3.87. The summed E-state index contributed by atoms with van der Waals surface area (Å²) in [6, 6.07) is 14.3. The Hall–Kier alpha value is -2.40. The third-order valence-corrected chi connectivity index (χ3v) is 4.14. The zero-order chi connectivity index (χ0) is 16.2. The molecular formula is C18H21N3O2. The fourth-order valence-corrected chi connectivity index (χ4v) is 2.88. The number of hydrogen-bond donors (Lipinski definition) is 2. The van der Waals surface area contributed by atoms with Gasteiger partial charge in [0.1, 0.15) is 0 Å². The van der Waals surface area contributed by atoms with Gasteiger partial charge < -0.3 is 10.6 Å². The molecule has 1 saturated heterocycles. The van der Waals surface area contributed by atoms with Gasteiger partial charge in [0.25, 0.3) is 0 Å². The summed E-state index contributed by atoms with van der Waals surface area (Å²) in [5, 5.41) is 8.12. The van der Waals surface area contributed by atoms with Crippen molar-refractivity contribution in [2.45, 2.75) is 13.0 Å². The van der Waals surface area contributed by atoms with E-state index in [4.69, 9.17) is 0 Å². The maximum Gasteiger partial charge on any atom is 0.234 e. The predicted octanol–water partition coefficient (Wildman–Crippen LogP) is 1.45. The summed E-state index contributed by atoms with van der Waals surface area (Å²) in [4.78, 5) is 25.4. The van der Waals surface area contributed by atoms with Crippen LogP contribution in [0.25, 0.3) is 10.8 Å². The van der Waals surface area contributed by atoms with Gasteiger partial charge in [-0.15, -0.1) is 0 Å². The Labute approximate surface area is 135 Å². The Morgan fingerprint density at radius 2 is 2.04 bits per heavy atom. The number of nitrogens with one attached hydrogen (secondary N) is 2. The van der Waals surface area contributed by atoms with E-state index in [1.54, 1.807) is 0 Å². The first-order valence-electron chi connectivity index (χ1n) is 7.89. The molecular weight excluding hydrogens is 290 g/mol. The Bertz CT molecular complexity index is 729. The van der Waals surface area contributed by atoms with Gasteiger partial charge in [-0.2, -0.15) is 0 Å². The normalized spacial score (nSPS) is 16.8. The minimum Gasteiger partial charge on any atom is -0.354 e. The van der Waals surface area contributed by atoms with Gasteiger partial charge in [0.15, 0.2) is 0 Å². The maximum absolute atomic E-state index is 12.2. The molecule has 120 valence electrons. The highest BCUT2D eigenvalue weighted by atomic mass is 16.2. The van der Waals surface area contributed by atoms with Gasteiger partial charge >= 0.3 is 0 Å². The lowest BCUT2D eigenvalue weighted by Crippen LogP contribution is -2.50. The lowest BCUT2D eigenvalue weighted by Gasteiger charge is -2.26. The van der Waals surface area contributed by atoms with Gasteiger partial charge in [-0.3, -0.25) is 14.5 Å². The summed E-state index contributed by atoms with van der Waals surface area (Å²) in [5.74, 6) is -0.0769. The molecule has 2 aromatic rings. The molecule has 2 aromatic carbocycles. The lowest BCUT2D eigenvalue weighted by molar-refractivity contribution is -0.127. The molecule has 0 aliphatic carbocycles. The fraction of sp³-hybridized carbons (Fsp3) is 0.333. The van der Waals surface area contributed by atoms with Gasteiger partial charge in [0, 0.05) is 13.1 Å². The fourth-order valence-electron chi connectivity index (χ4n) is 2.88. The molecule has 3 rings (SSSR count). The van der Waals surface area contributed by atoms with E-state index >= 15 is 0 Å². The second-order valence-corrected chi connectivity index (χ2v) is 5.96. The number of rotatable bonds is 4. The topological polar surface area (TPSA) is 61.4 Å². The first kappa shape index (κ1) is 15.5. The number of hydrogen-bond acceptors (Lipinski definition) is 3. The summed E-state index contributed by atoms with van der Waals surface area (Å²) in [6.07, 6.45) is 0. The van der Waals surface area contributed by atoms with Crippen LogP contribution in [0.3, 0.4) is 0 Å².